The molecule has 1 fully saturated rings. The lowest BCUT2D eigenvalue weighted by Gasteiger charge is -2.38. The number of carboxylic acids is 1. The summed E-state index contributed by atoms with van der Waals surface area (Å²) in [6.07, 6.45) is 1.55. The number of halogens is 3. The van der Waals surface area contributed by atoms with E-state index in [1.807, 2.05) is 0 Å². The van der Waals surface area contributed by atoms with Crippen LogP contribution in [-0.4, -0.2) is 11.1 Å². The van der Waals surface area contributed by atoms with Crippen molar-refractivity contribution in [1.29, 1.82) is 0 Å². The summed E-state index contributed by atoms with van der Waals surface area (Å²) < 4.78 is 26.5. The van der Waals surface area contributed by atoms with E-state index in [0.29, 0.717) is 12.8 Å². The molecule has 1 aliphatic carbocycles. The third kappa shape index (κ3) is 1.45. The van der Waals surface area contributed by atoms with Gasteiger partial charge in [-0.05, 0) is 34.8 Å². The Bertz CT molecular complexity index is 456. The predicted molar refractivity (Wildman–Crippen MR) is 57.2 cm³/mol. The molecular formula is C11H9BrF2O2. The summed E-state index contributed by atoms with van der Waals surface area (Å²) in [5, 5.41) is 9.15. The Hall–Kier alpha value is -0.970. The molecule has 0 aliphatic heterocycles. The van der Waals surface area contributed by atoms with E-state index in [4.69, 9.17) is 5.11 Å². The van der Waals surface area contributed by atoms with Gasteiger partial charge in [0.1, 0.15) is 11.6 Å². The Morgan fingerprint density at radius 1 is 1.38 bits per heavy atom. The summed E-state index contributed by atoms with van der Waals surface area (Å²) in [6, 6.07) is 2.31. The van der Waals surface area contributed by atoms with Crippen LogP contribution in [0.5, 0.6) is 0 Å². The van der Waals surface area contributed by atoms with Gasteiger partial charge in [0.25, 0.3) is 0 Å². The van der Waals surface area contributed by atoms with Crippen LogP contribution in [0.15, 0.2) is 16.6 Å². The van der Waals surface area contributed by atoms with Crippen LogP contribution in [0.2, 0.25) is 0 Å². The topological polar surface area (TPSA) is 37.3 Å². The standard InChI is InChI=1S/C11H9BrF2O2/c12-8-7(13)3-2-6(9(8)14)11(10(15)16)4-1-5-11/h2-3H,1,4-5H2,(H,15,16). The van der Waals surface area contributed by atoms with E-state index in [1.165, 1.54) is 6.07 Å². The van der Waals surface area contributed by atoms with Gasteiger partial charge in [-0.1, -0.05) is 12.5 Å². The van der Waals surface area contributed by atoms with E-state index in [2.05, 4.69) is 15.9 Å². The quantitative estimate of drug-likeness (QED) is 0.849. The molecule has 0 heterocycles. The van der Waals surface area contributed by atoms with E-state index < -0.39 is 23.0 Å². The number of benzene rings is 1. The molecule has 0 spiro atoms. The van der Waals surface area contributed by atoms with Crippen molar-refractivity contribution in [3.63, 3.8) is 0 Å². The molecule has 0 aromatic heterocycles. The number of rotatable bonds is 2. The molecule has 0 bridgehead atoms. The Balaban J connectivity index is 2.56. The fourth-order valence-corrected chi connectivity index (χ4v) is 2.37. The van der Waals surface area contributed by atoms with Gasteiger partial charge in [0, 0.05) is 5.56 Å². The van der Waals surface area contributed by atoms with Crippen LogP contribution in [0.1, 0.15) is 24.8 Å². The molecule has 5 heteroatoms. The molecule has 0 saturated heterocycles. The van der Waals surface area contributed by atoms with Gasteiger partial charge in [-0.3, -0.25) is 4.79 Å². The van der Waals surface area contributed by atoms with Crippen LogP contribution in [-0.2, 0) is 10.2 Å². The van der Waals surface area contributed by atoms with Gasteiger partial charge in [0.15, 0.2) is 0 Å². The van der Waals surface area contributed by atoms with Gasteiger partial charge in [0.05, 0.1) is 9.89 Å². The maximum Gasteiger partial charge on any atom is 0.314 e. The van der Waals surface area contributed by atoms with Crippen molar-refractivity contribution in [2.45, 2.75) is 24.7 Å². The molecule has 1 aromatic rings. The van der Waals surface area contributed by atoms with Gasteiger partial charge < -0.3 is 5.11 Å². The molecule has 1 aromatic carbocycles. The third-order valence-corrected chi connectivity index (χ3v) is 3.89. The van der Waals surface area contributed by atoms with Crippen molar-refractivity contribution in [1.82, 2.24) is 0 Å². The van der Waals surface area contributed by atoms with Crippen molar-refractivity contribution >= 4 is 21.9 Å². The second kappa shape index (κ2) is 3.80. The number of hydrogen-bond donors (Lipinski definition) is 1. The first kappa shape index (κ1) is 11.5. The number of carbonyl (C=O) groups is 1. The van der Waals surface area contributed by atoms with Crippen molar-refractivity contribution < 1.29 is 18.7 Å². The third-order valence-electron chi connectivity index (χ3n) is 3.17. The minimum absolute atomic E-state index is 0.0690. The van der Waals surface area contributed by atoms with Crippen molar-refractivity contribution in [3.05, 3.63) is 33.8 Å². The smallest absolute Gasteiger partial charge is 0.314 e. The normalized spacial score (nSPS) is 17.9. The molecule has 1 saturated carbocycles. The first-order valence-electron chi connectivity index (χ1n) is 4.86. The SMILES string of the molecule is O=C(O)C1(c2ccc(F)c(Br)c2F)CCC1. The van der Waals surface area contributed by atoms with Crippen LogP contribution in [0.4, 0.5) is 8.78 Å². The largest absolute Gasteiger partial charge is 0.481 e. The maximum atomic E-state index is 13.8. The minimum Gasteiger partial charge on any atom is -0.481 e. The van der Waals surface area contributed by atoms with Gasteiger partial charge >= 0.3 is 5.97 Å². The number of carboxylic acid groups (broad SMARTS) is 1. The zero-order valence-corrected chi connectivity index (χ0v) is 9.85. The molecule has 0 radical (unpaired) electrons. The second-order valence-electron chi connectivity index (χ2n) is 3.96. The average Bonchev–Trinajstić information content (AvgIpc) is 2.16. The van der Waals surface area contributed by atoms with Crippen molar-refractivity contribution in [2.75, 3.05) is 0 Å². The minimum atomic E-state index is -1.17. The lowest BCUT2D eigenvalue weighted by Crippen LogP contribution is -2.43. The molecule has 1 N–H and O–H groups in total. The van der Waals surface area contributed by atoms with E-state index in [9.17, 15) is 13.6 Å². The zero-order chi connectivity index (χ0) is 11.9. The summed E-state index contributed by atoms with van der Waals surface area (Å²) in [4.78, 5) is 11.2. The lowest BCUT2D eigenvalue weighted by molar-refractivity contribution is -0.147. The molecule has 0 atom stereocenters. The second-order valence-corrected chi connectivity index (χ2v) is 4.76. The Morgan fingerprint density at radius 2 is 2.00 bits per heavy atom. The van der Waals surface area contributed by atoms with Crippen molar-refractivity contribution in [3.8, 4) is 0 Å². The van der Waals surface area contributed by atoms with Crippen molar-refractivity contribution in [2.24, 2.45) is 0 Å². The van der Waals surface area contributed by atoms with E-state index in [1.54, 1.807) is 0 Å². The Morgan fingerprint density at radius 3 is 2.44 bits per heavy atom. The molecule has 2 nitrogen and oxygen atoms in total. The molecule has 1 aliphatic rings. The fraction of sp³-hybridized carbons (Fsp3) is 0.364. The van der Waals surface area contributed by atoms with Gasteiger partial charge in [0.2, 0.25) is 0 Å². The molecule has 86 valence electrons. The first-order chi connectivity index (χ1) is 7.49. The summed E-state index contributed by atoms with van der Waals surface area (Å²) >= 11 is 2.78. The Kier molecular flexibility index (Phi) is 2.74. The zero-order valence-electron chi connectivity index (χ0n) is 8.27. The van der Waals surface area contributed by atoms with Crippen LogP contribution in [0.3, 0.4) is 0 Å². The average molecular weight is 291 g/mol. The highest BCUT2D eigenvalue weighted by Crippen LogP contribution is 2.46. The summed E-state index contributed by atoms with van der Waals surface area (Å²) in [7, 11) is 0. The molecule has 0 amide bonds. The summed E-state index contributed by atoms with van der Waals surface area (Å²) in [5.41, 5.74) is -1.10. The highest BCUT2D eigenvalue weighted by Gasteiger charge is 2.48. The molecule has 2 rings (SSSR count). The van der Waals surface area contributed by atoms with E-state index in [0.717, 1.165) is 12.5 Å². The number of hydrogen-bond acceptors (Lipinski definition) is 1. The maximum absolute atomic E-state index is 13.8. The number of aliphatic carboxylic acids is 1. The molecule has 0 unspecified atom stereocenters. The van der Waals surface area contributed by atoms with Gasteiger partial charge in [-0.2, -0.15) is 0 Å². The lowest BCUT2D eigenvalue weighted by atomic mass is 9.64. The highest BCUT2D eigenvalue weighted by molar-refractivity contribution is 9.10. The van der Waals surface area contributed by atoms with Crippen LogP contribution in [0.25, 0.3) is 0 Å². The molecular weight excluding hydrogens is 282 g/mol. The van der Waals surface area contributed by atoms with Gasteiger partial charge in [-0.25, -0.2) is 8.78 Å². The van der Waals surface area contributed by atoms with Crippen LogP contribution in [0, 0.1) is 11.6 Å². The molecule has 16 heavy (non-hydrogen) atoms. The highest BCUT2D eigenvalue weighted by atomic mass is 79.9. The van der Waals surface area contributed by atoms with E-state index in [-0.39, 0.29) is 10.0 Å². The summed E-state index contributed by atoms with van der Waals surface area (Å²) in [6.45, 7) is 0. The summed E-state index contributed by atoms with van der Waals surface area (Å²) in [5.74, 6) is -2.57. The Labute approximate surface area is 99.4 Å². The van der Waals surface area contributed by atoms with E-state index >= 15 is 0 Å². The first-order valence-corrected chi connectivity index (χ1v) is 5.66. The van der Waals surface area contributed by atoms with Crippen LogP contribution < -0.4 is 0 Å². The monoisotopic (exact) mass is 290 g/mol. The van der Waals surface area contributed by atoms with Crippen LogP contribution >= 0.6 is 15.9 Å². The predicted octanol–water partition coefficient (Wildman–Crippen LogP) is 3.23. The fourth-order valence-electron chi connectivity index (χ4n) is 2.02. The van der Waals surface area contributed by atoms with Gasteiger partial charge in [-0.15, -0.1) is 0 Å².